The topological polar surface area (TPSA) is 96.7 Å². The minimum absolute atomic E-state index is 0.0176. The monoisotopic (exact) mass is 677 g/mol. The van der Waals surface area contributed by atoms with Crippen LogP contribution in [-0.2, 0) is 12.7 Å². The summed E-state index contributed by atoms with van der Waals surface area (Å²) in [7, 11) is 4.18. The van der Waals surface area contributed by atoms with Gasteiger partial charge in [0.1, 0.15) is 17.1 Å². The summed E-state index contributed by atoms with van der Waals surface area (Å²) < 4.78 is 76.4. The molecule has 0 fully saturated rings. The molecule has 0 saturated heterocycles. The molecule has 0 N–H and O–H groups in total. The molecule has 0 radical (unpaired) electrons. The van der Waals surface area contributed by atoms with Gasteiger partial charge in [0.2, 0.25) is 16.9 Å². The summed E-state index contributed by atoms with van der Waals surface area (Å²) >= 11 is 6.06. The Morgan fingerprint density at radius 2 is 1.53 bits per heavy atom. The van der Waals surface area contributed by atoms with Crippen molar-refractivity contribution in [3.05, 3.63) is 80.2 Å². The smallest absolute Gasteiger partial charge is 0.453 e. The zero-order valence-corrected chi connectivity index (χ0v) is 27.6. The van der Waals surface area contributed by atoms with Crippen LogP contribution in [0.1, 0.15) is 53.9 Å². The van der Waals surface area contributed by atoms with E-state index >= 15 is 0 Å². The second-order valence-corrected chi connectivity index (χ2v) is 11.0. The van der Waals surface area contributed by atoms with Crippen molar-refractivity contribution >= 4 is 28.5 Å². The number of esters is 1. The Morgan fingerprint density at radius 3 is 2.06 bits per heavy atom. The fraction of sp³-hybridized carbons (Fsp3) is 0.353. The summed E-state index contributed by atoms with van der Waals surface area (Å²) in [6, 6.07) is 9.57. The second-order valence-electron chi connectivity index (χ2n) is 10.6. The van der Waals surface area contributed by atoms with Crippen molar-refractivity contribution in [1.82, 2.24) is 4.90 Å². The summed E-state index contributed by atoms with van der Waals surface area (Å²) in [5, 5.41) is 0.190. The minimum atomic E-state index is -5.11. The maximum absolute atomic E-state index is 14.5. The van der Waals surface area contributed by atoms with E-state index in [0.717, 1.165) is 12.8 Å². The lowest BCUT2D eigenvalue weighted by Crippen LogP contribution is -2.26. The Labute approximate surface area is 274 Å². The number of ether oxygens (including phenoxy) is 5. The van der Waals surface area contributed by atoms with Crippen molar-refractivity contribution in [2.24, 2.45) is 0 Å². The molecule has 9 nitrogen and oxygen atoms in total. The molecule has 0 saturated carbocycles. The molecule has 0 aliphatic carbocycles. The second kappa shape index (κ2) is 15.0. The minimum Gasteiger partial charge on any atom is -0.493 e. The molecule has 3 aromatic carbocycles. The third kappa shape index (κ3) is 7.77. The van der Waals surface area contributed by atoms with Crippen LogP contribution in [0.2, 0.25) is 5.02 Å². The van der Waals surface area contributed by atoms with Crippen molar-refractivity contribution < 1.29 is 46.1 Å². The molecule has 0 atom stereocenters. The van der Waals surface area contributed by atoms with Gasteiger partial charge in [-0.25, -0.2) is 4.79 Å². The Morgan fingerprint density at radius 1 is 0.894 bits per heavy atom. The average Bonchev–Trinajstić information content (AvgIpc) is 3.03. The van der Waals surface area contributed by atoms with E-state index in [0.29, 0.717) is 23.7 Å². The number of benzene rings is 3. The molecule has 0 aliphatic rings. The molecule has 47 heavy (non-hydrogen) atoms. The quantitative estimate of drug-likeness (QED) is 0.102. The van der Waals surface area contributed by atoms with Gasteiger partial charge in [-0.3, -0.25) is 9.69 Å². The van der Waals surface area contributed by atoms with Crippen molar-refractivity contribution in [3.63, 3.8) is 0 Å². The number of hydrogen-bond acceptors (Lipinski definition) is 9. The van der Waals surface area contributed by atoms with Crippen LogP contribution in [0.25, 0.3) is 11.0 Å². The lowest BCUT2D eigenvalue weighted by Gasteiger charge is -2.23. The normalized spacial score (nSPS) is 11.6. The third-order valence-electron chi connectivity index (χ3n) is 7.25. The number of nitrogens with zero attached hydrogens (tertiary/aromatic N) is 1. The van der Waals surface area contributed by atoms with Crippen LogP contribution in [-0.4, -0.2) is 45.3 Å². The van der Waals surface area contributed by atoms with Crippen LogP contribution in [0.3, 0.4) is 0 Å². The molecule has 4 rings (SSSR count). The lowest BCUT2D eigenvalue weighted by atomic mass is 10.1. The Kier molecular flexibility index (Phi) is 11.3. The molecule has 4 aromatic rings. The molecule has 13 heteroatoms. The number of fused-ring (bicyclic) bond motifs is 1. The summed E-state index contributed by atoms with van der Waals surface area (Å²) in [6.07, 6.45) is -3.64. The molecule has 1 heterocycles. The highest BCUT2D eigenvalue weighted by Gasteiger charge is 2.41. The summed E-state index contributed by atoms with van der Waals surface area (Å²) in [5.41, 5.74) is -0.789. The van der Waals surface area contributed by atoms with E-state index in [1.54, 1.807) is 6.92 Å². The first-order valence-corrected chi connectivity index (χ1v) is 15.1. The standard InChI is InChI=1S/C34H35ClF3NO8/c1-7-13-39(14-8-2)18-23-25(46-33(41)20-16-26(42-4)30(44-6)27(17-20)43-5)12-10-22-28(40)31(32(34(36,37)38)47-29(22)23)45-21-9-11-24(35)19(3)15-21/h9-12,15-17H,7-8,13-14,18H2,1-6H3. The van der Waals surface area contributed by atoms with Gasteiger partial charge in [-0.2, -0.15) is 13.2 Å². The SMILES string of the molecule is CCCN(CCC)Cc1c(OC(=O)c2cc(OC)c(OC)c(OC)c2)ccc2c(=O)c(Oc3ccc(Cl)c(C)c3)c(C(F)(F)F)oc12. The molecular formula is C34H35ClF3NO8. The van der Waals surface area contributed by atoms with Gasteiger partial charge in [0, 0.05) is 11.6 Å². The molecule has 0 amide bonds. The number of carbonyl (C=O) groups is 1. The van der Waals surface area contributed by atoms with Gasteiger partial charge >= 0.3 is 12.1 Å². The number of halogens is 4. The first-order valence-electron chi connectivity index (χ1n) is 14.7. The van der Waals surface area contributed by atoms with Crippen LogP contribution in [0.5, 0.6) is 34.5 Å². The Hall–Kier alpha value is -4.42. The zero-order chi connectivity index (χ0) is 34.5. The van der Waals surface area contributed by atoms with E-state index in [1.807, 2.05) is 18.7 Å². The molecule has 0 spiro atoms. The molecule has 0 unspecified atom stereocenters. The first kappa shape index (κ1) is 35.4. The molecule has 252 valence electrons. The van der Waals surface area contributed by atoms with E-state index in [2.05, 4.69) is 0 Å². The van der Waals surface area contributed by atoms with Crippen LogP contribution < -0.4 is 29.1 Å². The largest absolute Gasteiger partial charge is 0.493 e. The number of alkyl halides is 3. The van der Waals surface area contributed by atoms with Gasteiger partial charge in [0.25, 0.3) is 5.76 Å². The predicted octanol–water partition coefficient (Wildman–Crippen LogP) is 8.43. The van der Waals surface area contributed by atoms with Gasteiger partial charge in [0.15, 0.2) is 11.5 Å². The fourth-order valence-corrected chi connectivity index (χ4v) is 5.20. The highest BCUT2D eigenvalue weighted by atomic mass is 35.5. The lowest BCUT2D eigenvalue weighted by molar-refractivity contribution is -0.154. The van der Waals surface area contributed by atoms with Crippen molar-refractivity contribution in [1.29, 1.82) is 0 Å². The van der Waals surface area contributed by atoms with E-state index < -0.39 is 29.1 Å². The number of hydrogen-bond donors (Lipinski definition) is 0. The first-order chi connectivity index (χ1) is 22.4. The van der Waals surface area contributed by atoms with E-state index in [1.165, 1.54) is 63.8 Å². The van der Waals surface area contributed by atoms with Crippen molar-refractivity contribution in [2.45, 2.75) is 46.3 Å². The predicted molar refractivity (Wildman–Crippen MR) is 171 cm³/mol. The van der Waals surface area contributed by atoms with Crippen LogP contribution >= 0.6 is 11.6 Å². The van der Waals surface area contributed by atoms with Gasteiger partial charge in [-0.05, 0) is 80.9 Å². The van der Waals surface area contributed by atoms with Crippen molar-refractivity contribution in [2.75, 3.05) is 34.4 Å². The van der Waals surface area contributed by atoms with Crippen LogP contribution in [0, 0.1) is 6.92 Å². The van der Waals surface area contributed by atoms with E-state index in [-0.39, 0.29) is 57.4 Å². The van der Waals surface area contributed by atoms with E-state index in [4.69, 9.17) is 39.7 Å². The van der Waals surface area contributed by atoms with E-state index in [9.17, 15) is 22.8 Å². The third-order valence-corrected chi connectivity index (χ3v) is 7.67. The Balaban J connectivity index is 1.92. The number of rotatable bonds is 13. The Bertz CT molecular complexity index is 1790. The molecule has 0 bridgehead atoms. The molecule has 1 aromatic heterocycles. The van der Waals surface area contributed by atoms with Crippen molar-refractivity contribution in [3.8, 4) is 34.5 Å². The fourth-order valence-electron chi connectivity index (χ4n) is 5.09. The average molecular weight is 678 g/mol. The maximum atomic E-state index is 14.5. The highest BCUT2D eigenvalue weighted by Crippen LogP contribution is 2.42. The number of aryl methyl sites for hydroxylation is 1. The summed E-state index contributed by atoms with van der Waals surface area (Å²) in [4.78, 5) is 29.2. The summed E-state index contributed by atoms with van der Waals surface area (Å²) in [6.45, 7) is 6.75. The van der Waals surface area contributed by atoms with Gasteiger partial charge in [-0.15, -0.1) is 0 Å². The zero-order valence-electron chi connectivity index (χ0n) is 26.8. The molecule has 0 aliphatic heterocycles. The number of carbonyl (C=O) groups excluding carboxylic acids is 1. The van der Waals surface area contributed by atoms with Crippen LogP contribution in [0.4, 0.5) is 13.2 Å². The maximum Gasteiger partial charge on any atom is 0.453 e. The van der Waals surface area contributed by atoms with Gasteiger partial charge < -0.3 is 28.1 Å². The van der Waals surface area contributed by atoms with Crippen LogP contribution in [0.15, 0.2) is 51.7 Å². The molecular weight excluding hydrogens is 643 g/mol. The highest BCUT2D eigenvalue weighted by molar-refractivity contribution is 6.31. The van der Waals surface area contributed by atoms with Gasteiger partial charge in [-0.1, -0.05) is 25.4 Å². The summed E-state index contributed by atoms with van der Waals surface area (Å²) in [5.74, 6) is -3.00. The number of methoxy groups -OCH3 is 3. The van der Waals surface area contributed by atoms with Gasteiger partial charge in [0.05, 0.1) is 37.8 Å².